The number of anilines is 1. The molecule has 0 aromatic carbocycles. The van der Waals surface area contributed by atoms with Crippen molar-refractivity contribution in [3.05, 3.63) is 70.2 Å². The lowest BCUT2D eigenvalue weighted by atomic mass is 10.1. The van der Waals surface area contributed by atoms with E-state index in [1.807, 2.05) is 51.2 Å². The van der Waals surface area contributed by atoms with E-state index in [4.69, 9.17) is 21.3 Å². The van der Waals surface area contributed by atoms with Crippen molar-refractivity contribution < 1.29 is 14.6 Å². The summed E-state index contributed by atoms with van der Waals surface area (Å²) in [5, 5.41) is 13.3. The summed E-state index contributed by atoms with van der Waals surface area (Å²) in [6.45, 7) is 19.5. The molecule has 0 radical (unpaired) electrons. The summed E-state index contributed by atoms with van der Waals surface area (Å²) < 4.78 is 8.11. The number of thiazole rings is 1. The van der Waals surface area contributed by atoms with Gasteiger partial charge in [-0.15, -0.1) is 0 Å². The Hall–Kier alpha value is -2.79. The van der Waals surface area contributed by atoms with Gasteiger partial charge in [0.2, 0.25) is 0 Å². The standard InChI is InChI=1S/C31H42ClN5O3SSi/c1-19(2)42(20(3)4,21(5)6)37-18-24(23-11-10-14-34-28(23)37)25(38)26-27(32)35-29(41-26)36(30(39)40-31(7,8)9)17-22-12-15-33-16-13-22/h10-16,18-21,25,38H,17H2,1-9H3. The highest BCUT2D eigenvalue weighted by Crippen LogP contribution is 2.46. The predicted octanol–water partition coefficient (Wildman–Crippen LogP) is 8.59. The van der Waals surface area contributed by atoms with Gasteiger partial charge in [0.15, 0.2) is 13.4 Å². The number of fused-ring (bicyclic) bond motifs is 1. The van der Waals surface area contributed by atoms with Crippen LogP contribution in [0.2, 0.25) is 21.8 Å². The first-order valence-corrected chi connectivity index (χ1v) is 17.8. The molecule has 4 heterocycles. The lowest BCUT2D eigenvalue weighted by molar-refractivity contribution is 0.0577. The molecule has 8 nitrogen and oxygen atoms in total. The molecule has 4 aromatic heterocycles. The Kier molecular flexibility index (Phi) is 9.52. The molecule has 4 rings (SSSR count). The third-order valence-electron chi connectivity index (χ3n) is 7.86. The van der Waals surface area contributed by atoms with Crippen LogP contribution in [-0.4, -0.2) is 44.2 Å². The van der Waals surface area contributed by atoms with Gasteiger partial charge in [-0.2, -0.15) is 0 Å². The van der Waals surface area contributed by atoms with E-state index in [0.29, 0.717) is 26.6 Å². The Morgan fingerprint density at radius 1 is 1.07 bits per heavy atom. The number of amides is 1. The average Bonchev–Trinajstić information content (AvgIpc) is 3.47. The summed E-state index contributed by atoms with van der Waals surface area (Å²) in [5.74, 6) is 0. The Labute approximate surface area is 258 Å². The van der Waals surface area contributed by atoms with Crippen LogP contribution < -0.4 is 4.90 Å². The van der Waals surface area contributed by atoms with Gasteiger partial charge in [-0.3, -0.25) is 4.98 Å². The van der Waals surface area contributed by atoms with E-state index < -0.39 is 26.0 Å². The number of pyridine rings is 2. The van der Waals surface area contributed by atoms with Crippen molar-refractivity contribution in [3.8, 4) is 0 Å². The van der Waals surface area contributed by atoms with Crippen LogP contribution in [0.5, 0.6) is 0 Å². The molecule has 0 aliphatic carbocycles. The molecule has 4 aromatic rings. The highest BCUT2D eigenvalue weighted by Gasteiger charge is 2.46. The van der Waals surface area contributed by atoms with Gasteiger partial charge in [0.05, 0.1) is 11.4 Å². The van der Waals surface area contributed by atoms with Crippen LogP contribution in [0, 0.1) is 0 Å². The number of aliphatic hydroxyl groups excluding tert-OH is 1. The fourth-order valence-electron chi connectivity index (χ4n) is 6.36. The summed E-state index contributed by atoms with van der Waals surface area (Å²) in [7, 11) is -2.18. The molecule has 42 heavy (non-hydrogen) atoms. The van der Waals surface area contributed by atoms with Crippen LogP contribution in [0.1, 0.15) is 84.4 Å². The molecular weight excluding hydrogens is 586 g/mol. The zero-order valence-corrected chi connectivity index (χ0v) is 28.5. The number of nitrogens with zero attached hydrogens (tertiary/aromatic N) is 5. The van der Waals surface area contributed by atoms with Crippen molar-refractivity contribution in [1.82, 2.24) is 19.2 Å². The van der Waals surface area contributed by atoms with E-state index in [0.717, 1.165) is 22.2 Å². The number of rotatable bonds is 9. The maximum absolute atomic E-state index is 13.3. The maximum Gasteiger partial charge on any atom is 0.416 e. The summed E-state index contributed by atoms with van der Waals surface area (Å²) in [4.78, 5) is 28.7. The van der Waals surface area contributed by atoms with E-state index in [9.17, 15) is 9.90 Å². The molecule has 1 atom stereocenters. The topological polar surface area (TPSA) is 93.4 Å². The van der Waals surface area contributed by atoms with Crippen LogP contribution in [0.3, 0.4) is 0 Å². The number of ether oxygens (including phenoxy) is 1. The minimum absolute atomic E-state index is 0.149. The van der Waals surface area contributed by atoms with Crippen LogP contribution in [0.25, 0.3) is 11.0 Å². The number of halogens is 1. The zero-order valence-electron chi connectivity index (χ0n) is 25.9. The van der Waals surface area contributed by atoms with Gasteiger partial charge >= 0.3 is 6.09 Å². The van der Waals surface area contributed by atoms with E-state index >= 15 is 0 Å². The number of aliphatic hydroxyl groups is 1. The fourth-order valence-corrected chi connectivity index (χ4v) is 14.2. The molecule has 0 aliphatic rings. The van der Waals surface area contributed by atoms with Crippen LogP contribution >= 0.6 is 22.9 Å². The quantitative estimate of drug-likeness (QED) is 0.187. The van der Waals surface area contributed by atoms with E-state index in [1.54, 1.807) is 12.4 Å². The van der Waals surface area contributed by atoms with Crippen molar-refractivity contribution in [2.45, 2.75) is 97.2 Å². The lowest BCUT2D eigenvalue weighted by Gasteiger charge is -2.44. The second-order valence-corrected chi connectivity index (χ2v) is 19.7. The molecule has 0 saturated carbocycles. The van der Waals surface area contributed by atoms with Gasteiger partial charge in [0, 0.05) is 35.7 Å². The summed E-state index contributed by atoms with van der Waals surface area (Å²) >= 11 is 7.90. The summed E-state index contributed by atoms with van der Waals surface area (Å²) in [6.07, 6.45) is 5.64. The lowest BCUT2D eigenvalue weighted by Crippen LogP contribution is -2.51. The zero-order chi connectivity index (χ0) is 31.0. The Bertz CT molecular complexity index is 1510. The normalized spacial score (nSPS) is 13.4. The minimum atomic E-state index is -2.18. The first kappa shape index (κ1) is 32.1. The average molecular weight is 628 g/mol. The Balaban J connectivity index is 1.82. The van der Waals surface area contributed by atoms with Gasteiger partial charge in [-0.05, 0) is 67.2 Å². The van der Waals surface area contributed by atoms with Crippen molar-refractivity contribution in [1.29, 1.82) is 0 Å². The van der Waals surface area contributed by atoms with Gasteiger partial charge < -0.3 is 14.1 Å². The molecule has 0 aliphatic heterocycles. The third kappa shape index (κ3) is 6.13. The van der Waals surface area contributed by atoms with Gasteiger partial charge in [0.1, 0.15) is 22.5 Å². The molecule has 1 unspecified atom stereocenters. The highest BCUT2D eigenvalue weighted by molar-refractivity contribution is 7.16. The Morgan fingerprint density at radius 2 is 1.69 bits per heavy atom. The SMILES string of the molecule is CC(C)[Si](C(C)C)(C(C)C)n1cc(C(O)c2sc(N(Cc3ccncc3)C(=O)OC(C)(C)C)nc2Cl)c2cccnc21. The maximum atomic E-state index is 13.3. The van der Waals surface area contributed by atoms with Crippen molar-refractivity contribution in [2.75, 3.05) is 4.90 Å². The van der Waals surface area contributed by atoms with Crippen molar-refractivity contribution in [3.63, 3.8) is 0 Å². The number of hydrogen-bond donors (Lipinski definition) is 1. The number of carbonyl (C=O) groups excluding carboxylic acids is 1. The molecule has 0 bridgehead atoms. The minimum Gasteiger partial charge on any atom is -0.443 e. The van der Waals surface area contributed by atoms with Crippen LogP contribution in [0.15, 0.2) is 49.1 Å². The molecule has 0 saturated heterocycles. The van der Waals surface area contributed by atoms with E-state index in [1.165, 1.54) is 16.2 Å². The highest BCUT2D eigenvalue weighted by atomic mass is 35.5. The van der Waals surface area contributed by atoms with Crippen molar-refractivity contribution >= 4 is 53.4 Å². The molecular formula is C31H42ClN5O3SSi. The number of carbonyl (C=O) groups is 1. The van der Waals surface area contributed by atoms with Crippen molar-refractivity contribution in [2.24, 2.45) is 0 Å². The Morgan fingerprint density at radius 3 is 2.26 bits per heavy atom. The van der Waals surface area contributed by atoms with Crippen LogP contribution in [0.4, 0.5) is 9.93 Å². The molecule has 11 heteroatoms. The van der Waals surface area contributed by atoms with Crippen LogP contribution in [-0.2, 0) is 11.3 Å². The smallest absolute Gasteiger partial charge is 0.416 e. The van der Waals surface area contributed by atoms with E-state index in [-0.39, 0.29) is 11.7 Å². The third-order valence-corrected chi connectivity index (χ3v) is 16.1. The number of aromatic nitrogens is 4. The predicted molar refractivity (Wildman–Crippen MR) is 174 cm³/mol. The summed E-state index contributed by atoms with van der Waals surface area (Å²) in [5.41, 5.74) is 3.08. The molecule has 0 fully saturated rings. The second kappa shape index (κ2) is 12.4. The molecule has 1 amide bonds. The second-order valence-electron chi connectivity index (χ2n) is 12.7. The number of hydrogen-bond acceptors (Lipinski definition) is 7. The molecule has 226 valence electrons. The fraction of sp³-hybridized carbons (Fsp3) is 0.484. The largest absolute Gasteiger partial charge is 0.443 e. The van der Waals surface area contributed by atoms with E-state index in [2.05, 4.69) is 61.9 Å². The molecule has 0 spiro atoms. The first-order valence-electron chi connectivity index (χ1n) is 14.4. The summed E-state index contributed by atoms with van der Waals surface area (Å²) in [6, 6.07) is 7.56. The first-order chi connectivity index (χ1) is 19.7. The van der Waals surface area contributed by atoms with Gasteiger partial charge in [0.25, 0.3) is 0 Å². The van der Waals surface area contributed by atoms with Gasteiger partial charge in [-0.1, -0.05) is 64.5 Å². The molecule has 1 N–H and O–H groups in total. The van der Waals surface area contributed by atoms with Gasteiger partial charge in [-0.25, -0.2) is 19.7 Å². The monoisotopic (exact) mass is 627 g/mol.